The van der Waals surface area contributed by atoms with Gasteiger partial charge in [-0.1, -0.05) is 18.6 Å². The van der Waals surface area contributed by atoms with E-state index in [1.54, 1.807) is 17.9 Å². The zero-order valence-corrected chi connectivity index (χ0v) is 21.2. The number of benzene rings is 2. The number of anilines is 3. The molecule has 2 amide bonds. The van der Waals surface area contributed by atoms with Gasteiger partial charge < -0.3 is 14.5 Å². The highest BCUT2D eigenvalue weighted by molar-refractivity contribution is 7.93. The van der Waals surface area contributed by atoms with E-state index in [4.69, 9.17) is 4.74 Å². The summed E-state index contributed by atoms with van der Waals surface area (Å²) >= 11 is 0. The van der Waals surface area contributed by atoms with Crippen molar-refractivity contribution in [2.45, 2.75) is 45.6 Å². The van der Waals surface area contributed by atoms with Gasteiger partial charge in [0.2, 0.25) is 21.8 Å². The Morgan fingerprint density at radius 1 is 0.971 bits per heavy atom. The van der Waals surface area contributed by atoms with Crippen LogP contribution in [0.4, 0.5) is 17.1 Å². The predicted molar refractivity (Wildman–Crippen MR) is 136 cm³/mol. The molecule has 3 aliphatic rings. The Balaban J connectivity index is 1.60. The quantitative estimate of drug-likeness (QED) is 0.642. The number of carbonyl (C=O) groups is 2. The van der Waals surface area contributed by atoms with Crippen LogP contribution in [0.25, 0.3) is 11.1 Å². The molecule has 2 heterocycles. The molecule has 8 nitrogen and oxygen atoms in total. The molecule has 0 radical (unpaired) electrons. The predicted octanol–water partition coefficient (Wildman–Crippen LogP) is 3.79. The second kappa shape index (κ2) is 8.86. The minimum Gasteiger partial charge on any atom is -0.495 e. The zero-order valence-electron chi connectivity index (χ0n) is 20.4. The fraction of sp³-hybridized carbons (Fsp3) is 0.462. The monoisotopic (exact) mass is 497 g/mol. The lowest BCUT2D eigenvalue weighted by Crippen LogP contribution is -2.53. The van der Waals surface area contributed by atoms with E-state index in [-0.39, 0.29) is 29.5 Å². The number of carbonyl (C=O) groups excluding carboxylic acids is 2. The lowest BCUT2D eigenvalue weighted by molar-refractivity contribution is -0.125. The van der Waals surface area contributed by atoms with E-state index in [0.717, 1.165) is 41.8 Å². The molecule has 1 saturated heterocycles. The van der Waals surface area contributed by atoms with Gasteiger partial charge in [-0.15, -0.1) is 0 Å². The molecule has 9 heteroatoms. The molecule has 35 heavy (non-hydrogen) atoms. The SMILES string of the molecule is COc1ccc(-c2ccc3c(c2)N(C(=O)C2CCC2)CC(C)N3C(C)=O)cc1N1CCCS1(=O)=O. The Hall–Kier alpha value is -3.07. The van der Waals surface area contributed by atoms with Crippen molar-refractivity contribution >= 4 is 38.9 Å². The van der Waals surface area contributed by atoms with Crippen LogP contribution in [0, 0.1) is 5.92 Å². The van der Waals surface area contributed by atoms with Gasteiger partial charge in [0.1, 0.15) is 5.75 Å². The zero-order chi connectivity index (χ0) is 24.9. The van der Waals surface area contributed by atoms with Gasteiger partial charge >= 0.3 is 0 Å². The van der Waals surface area contributed by atoms with Crippen LogP contribution in [0.15, 0.2) is 36.4 Å². The second-order valence-electron chi connectivity index (χ2n) is 9.65. The summed E-state index contributed by atoms with van der Waals surface area (Å²) in [7, 11) is -1.85. The van der Waals surface area contributed by atoms with Crippen molar-refractivity contribution in [1.29, 1.82) is 0 Å². The summed E-state index contributed by atoms with van der Waals surface area (Å²) < 4.78 is 32.1. The van der Waals surface area contributed by atoms with Gasteiger partial charge in [-0.3, -0.25) is 13.9 Å². The van der Waals surface area contributed by atoms with Crippen molar-refractivity contribution in [3.8, 4) is 16.9 Å². The van der Waals surface area contributed by atoms with E-state index in [1.807, 2.05) is 42.2 Å². The van der Waals surface area contributed by atoms with Crippen LogP contribution in [0.3, 0.4) is 0 Å². The number of hydrogen-bond acceptors (Lipinski definition) is 5. The Bertz CT molecular complexity index is 1290. The lowest BCUT2D eigenvalue weighted by Gasteiger charge is -2.43. The molecule has 2 aliphatic heterocycles. The molecule has 0 aromatic heterocycles. The highest BCUT2D eigenvalue weighted by Gasteiger charge is 2.38. The molecule has 0 N–H and O–H groups in total. The van der Waals surface area contributed by atoms with Crippen molar-refractivity contribution in [3.05, 3.63) is 36.4 Å². The number of fused-ring (bicyclic) bond motifs is 1. The lowest BCUT2D eigenvalue weighted by atomic mass is 9.84. The van der Waals surface area contributed by atoms with Crippen molar-refractivity contribution in [1.82, 2.24) is 0 Å². The van der Waals surface area contributed by atoms with Crippen molar-refractivity contribution < 1.29 is 22.7 Å². The van der Waals surface area contributed by atoms with E-state index in [0.29, 0.717) is 30.9 Å². The third-order valence-electron chi connectivity index (χ3n) is 7.35. The first-order valence-corrected chi connectivity index (χ1v) is 13.8. The Morgan fingerprint density at radius 3 is 2.23 bits per heavy atom. The van der Waals surface area contributed by atoms with E-state index >= 15 is 0 Å². The first kappa shape index (κ1) is 23.7. The first-order valence-electron chi connectivity index (χ1n) is 12.2. The maximum Gasteiger partial charge on any atom is 0.235 e. The van der Waals surface area contributed by atoms with Crippen molar-refractivity contribution in [2.24, 2.45) is 5.92 Å². The number of amides is 2. The summed E-state index contributed by atoms with van der Waals surface area (Å²) in [5.74, 6) is 0.707. The van der Waals surface area contributed by atoms with Gasteiger partial charge in [0, 0.05) is 25.9 Å². The molecule has 1 unspecified atom stereocenters. The summed E-state index contributed by atoms with van der Waals surface area (Å²) in [4.78, 5) is 29.4. The Morgan fingerprint density at radius 2 is 1.66 bits per heavy atom. The van der Waals surface area contributed by atoms with Crippen molar-refractivity contribution in [2.75, 3.05) is 40.1 Å². The van der Waals surface area contributed by atoms with E-state index in [2.05, 4.69) is 0 Å². The fourth-order valence-corrected chi connectivity index (χ4v) is 6.91. The Labute approximate surface area is 206 Å². The third-order valence-corrected chi connectivity index (χ3v) is 9.21. The standard InChI is InChI=1S/C26H31N3O5S/c1-17-16-27(26(31)19-6-4-7-19)23-14-20(8-10-22(23)29(17)18(2)30)21-9-11-25(34-3)24(15-21)28-12-5-13-35(28,32)33/h8-11,14-15,17,19H,4-7,12-13,16H2,1-3H3. The van der Waals surface area contributed by atoms with Gasteiger partial charge in [-0.25, -0.2) is 8.42 Å². The third kappa shape index (κ3) is 4.05. The number of hydrogen-bond donors (Lipinski definition) is 0. The summed E-state index contributed by atoms with van der Waals surface area (Å²) in [5.41, 5.74) is 3.62. The minimum atomic E-state index is -3.38. The average molecular weight is 498 g/mol. The van der Waals surface area contributed by atoms with E-state index < -0.39 is 10.0 Å². The summed E-state index contributed by atoms with van der Waals surface area (Å²) in [5, 5.41) is 0. The number of nitrogens with zero attached hydrogens (tertiary/aromatic N) is 3. The largest absolute Gasteiger partial charge is 0.495 e. The van der Waals surface area contributed by atoms with Crippen LogP contribution in [-0.4, -0.2) is 52.2 Å². The summed E-state index contributed by atoms with van der Waals surface area (Å²) in [6, 6.07) is 11.1. The van der Waals surface area contributed by atoms with Gasteiger partial charge in [0.15, 0.2) is 0 Å². The van der Waals surface area contributed by atoms with Gasteiger partial charge in [0.05, 0.1) is 36.0 Å². The van der Waals surface area contributed by atoms with Crippen LogP contribution in [0.5, 0.6) is 5.75 Å². The smallest absolute Gasteiger partial charge is 0.235 e. The molecule has 0 bridgehead atoms. The molecule has 0 spiro atoms. The van der Waals surface area contributed by atoms with Gasteiger partial charge in [-0.2, -0.15) is 0 Å². The maximum absolute atomic E-state index is 13.3. The average Bonchev–Trinajstić information content (AvgIpc) is 3.14. The highest BCUT2D eigenvalue weighted by atomic mass is 32.2. The molecule has 1 saturated carbocycles. The van der Waals surface area contributed by atoms with Crippen molar-refractivity contribution in [3.63, 3.8) is 0 Å². The molecule has 2 aromatic rings. The molecular weight excluding hydrogens is 466 g/mol. The van der Waals surface area contributed by atoms with Gasteiger partial charge in [0.25, 0.3) is 0 Å². The summed E-state index contributed by atoms with van der Waals surface area (Å²) in [6.07, 6.45) is 3.45. The first-order chi connectivity index (χ1) is 16.7. The Kier molecular flexibility index (Phi) is 5.99. The molecule has 2 fully saturated rings. The van der Waals surface area contributed by atoms with Crippen LogP contribution in [0.2, 0.25) is 0 Å². The number of rotatable bonds is 4. The molecule has 1 aliphatic carbocycles. The fourth-order valence-electron chi connectivity index (χ4n) is 5.34. The normalized spacial score (nSPS) is 21.5. The van der Waals surface area contributed by atoms with Crippen LogP contribution >= 0.6 is 0 Å². The molecule has 5 rings (SSSR count). The van der Waals surface area contributed by atoms with E-state index in [9.17, 15) is 18.0 Å². The molecular formula is C26H31N3O5S. The maximum atomic E-state index is 13.3. The topological polar surface area (TPSA) is 87.2 Å². The van der Waals surface area contributed by atoms with Crippen LogP contribution in [-0.2, 0) is 19.6 Å². The molecule has 1 atom stereocenters. The van der Waals surface area contributed by atoms with Crippen LogP contribution < -0.4 is 18.8 Å². The number of sulfonamides is 1. The van der Waals surface area contributed by atoms with Gasteiger partial charge in [-0.05, 0) is 61.6 Å². The van der Waals surface area contributed by atoms with Crippen LogP contribution in [0.1, 0.15) is 39.5 Å². The summed E-state index contributed by atoms with van der Waals surface area (Å²) in [6.45, 7) is 4.38. The molecule has 186 valence electrons. The second-order valence-corrected chi connectivity index (χ2v) is 11.7. The number of methoxy groups -OCH3 is 1. The highest BCUT2D eigenvalue weighted by Crippen LogP contribution is 2.43. The number of ether oxygens (including phenoxy) is 1. The molecule has 2 aromatic carbocycles. The minimum absolute atomic E-state index is 0.0375. The van der Waals surface area contributed by atoms with E-state index in [1.165, 1.54) is 11.4 Å².